The highest BCUT2D eigenvalue weighted by molar-refractivity contribution is 6.03. The smallest absolute Gasteiger partial charge is 0.274 e. The fraction of sp³-hybridized carbons (Fsp3) is 0.217. The van der Waals surface area contributed by atoms with Crippen molar-refractivity contribution in [3.8, 4) is 5.75 Å². The van der Waals surface area contributed by atoms with Crippen molar-refractivity contribution in [3.05, 3.63) is 72.6 Å². The summed E-state index contributed by atoms with van der Waals surface area (Å²) in [6.45, 7) is 6.25. The Labute approximate surface area is 171 Å². The lowest BCUT2D eigenvalue weighted by Gasteiger charge is -2.21. The number of hydrogen-bond donors (Lipinski definition) is 2. The average molecular weight is 390 g/mol. The first-order valence-corrected chi connectivity index (χ1v) is 9.66. The van der Waals surface area contributed by atoms with E-state index in [1.54, 1.807) is 31.5 Å². The number of carbonyl (C=O) groups is 1. The number of carbonyl (C=O) groups excluding carboxylic acids is 1. The van der Waals surface area contributed by atoms with Gasteiger partial charge in [-0.15, -0.1) is 0 Å². The van der Waals surface area contributed by atoms with Gasteiger partial charge in [0.2, 0.25) is 0 Å². The summed E-state index contributed by atoms with van der Waals surface area (Å²) in [5, 5.41) is 6.13. The van der Waals surface area contributed by atoms with Crippen molar-refractivity contribution >= 4 is 28.7 Å². The topological polar surface area (TPSA) is 66.5 Å². The Morgan fingerprint density at radius 3 is 2.31 bits per heavy atom. The first-order valence-electron chi connectivity index (χ1n) is 9.66. The molecule has 0 atom stereocenters. The minimum atomic E-state index is -0.270. The van der Waals surface area contributed by atoms with Crippen molar-refractivity contribution in [2.75, 3.05) is 35.7 Å². The maximum atomic E-state index is 12.4. The highest BCUT2D eigenvalue weighted by Crippen LogP contribution is 2.21. The second kappa shape index (κ2) is 9.59. The molecule has 0 saturated heterocycles. The van der Waals surface area contributed by atoms with Gasteiger partial charge in [-0.1, -0.05) is 6.07 Å². The van der Waals surface area contributed by atoms with Crippen molar-refractivity contribution in [2.24, 2.45) is 0 Å². The largest absolute Gasteiger partial charge is 0.497 e. The highest BCUT2D eigenvalue weighted by Gasteiger charge is 2.09. The number of nitrogens with one attached hydrogen (secondary N) is 2. The second-order valence-corrected chi connectivity index (χ2v) is 6.46. The first-order chi connectivity index (χ1) is 14.1. The number of hydrogen-bond acceptors (Lipinski definition) is 5. The van der Waals surface area contributed by atoms with Crippen LogP contribution in [-0.2, 0) is 0 Å². The lowest BCUT2D eigenvalue weighted by molar-refractivity contribution is 0.102. The number of anilines is 4. The van der Waals surface area contributed by atoms with E-state index in [9.17, 15) is 4.79 Å². The van der Waals surface area contributed by atoms with Gasteiger partial charge < -0.3 is 20.3 Å². The van der Waals surface area contributed by atoms with Crippen LogP contribution in [0.5, 0.6) is 5.75 Å². The van der Waals surface area contributed by atoms with E-state index in [-0.39, 0.29) is 5.91 Å². The van der Waals surface area contributed by atoms with E-state index >= 15 is 0 Å². The molecule has 0 aliphatic heterocycles. The quantitative estimate of drug-likeness (QED) is 0.571. The molecule has 0 spiro atoms. The third-order valence-electron chi connectivity index (χ3n) is 4.61. The molecule has 1 amide bonds. The molecule has 2 aromatic carbocycles. The molecule has 6 nitrogen and oxygen atoms in total. The maximum Gasteiger partial charge on any atom is 0.274 e. The third kappa shape index (κ3) is 5.25. The summed E-state index contributed by atoms with van der Waals surface area (Å²) < 4.78 is 5.17. The molecule has 6 heteroatoms. The van der Waals surface area contributed by atoms with Crippen molar-refractivity contribution in [1.82, 2.24) is 4.98 Å². The molecule has 0 saturated carbocycles. The van der Waals surface area contributed by atoms with Gasteiger partial charge in [0.1, 0.15) is 11.4 Å². The monoisotopic (exact) mass is 390 g/mol. The number of ether oxygens (including phenoxy) is 1. The van der Waals surface area contributed by atoms with E-state index in [1.807, 2.05) is 30.3 Å². The molecular formula is C23H26N4O2. The van der Waals surface area contributed by atoms with Crippen molar-refractivity contribution in [1.29, 1.82) is 0 Å². The molecule has 1 aromatic heterocycles. The van der Waals surface area contributed by atoms with Crippen LogP contribution in [-0.4, -0.2) is 31.1 Å². The number of aromatic nitrogens is 1. The SMILES string of the molecule is CCN(CC)c1ccc(Nc2ccc(C(=O)Nc3cccc(OC)c3)nc2)cc1. The van der Waals surface area contributed by atoms with Crippen LogP contribution in [0.1, 0.15) is 24.3 Å². The Balaban J connectivity index is 1.63. The number of pyridine rings is 1. The van der Waals surface area contributed by atoms with E-state index in [4.69, 9.17) is 4.74 Å². The molecule has 1 heterocycles. The molecule has 0 bridgehead atoms. The second-order valence-electron chi connectivity index (χ2n) is 6.46. The summed E-state index contributed by atoms with van der Waals surface area (Å²) in [4.78, 5) is 19.0. The summed E-state index contributed by atoms with van der Waals surface area (Å²) in [6, 6.07) is 19.0. The van der Waals surface area contributed by atoms with E-state index in [2.05, 4.69) is 46.5 Å². The Bertz CT molecular complexity index is 936. The van der Waals surface area contributed by atoms with Crippen LogP contribution in [0.15, 0.2) is 66.9 Å². The summed E-state index contributed by atoms with van der Waals surface area (Å²) in [5.41, 5.74) is 3.99. The average Bonchev–Trinajstić information content (AvgIpc) is 2.76. The fourth-order valence-corrected chi connectivity index (χ4v) is 3.01. The van der Waals surface area contributed by atoms with Crippen LogP contribution < -0.4 is 20.3 Å². The Morgan fingerprint density at radius 1 is 0.966 bits per heavy atom. The normalized spacial score (nSPS) is 10.3. The number of benzene rings is 2. The molecule has 3 aromatic rings. The van der Waals surface area contributed by atoms with E-state index < -0.39 is 0 Å². The van der Waals surface area contributed by atoms with E-state index in [1.165, 1.54) is 5.69 Å². The van der Waals surface area contributed by atoms with Crippen LogP contribution >= 0.6 is 0 Å². The van der Waals surface area contributed by atoms with Gasteiger partial charge in [-0.3, -0.25) is 4.79 Å². The van der Waals surface area contributed by atoms with Gasteiger partial charge in [0, 0.05) is 36.2 Å². The molecule has 29 heavy (non-hydrogen) atoms. The van der Waals surface area contributed by atoms with Gasteiger partial charge in [-0.2, -0.15) is 0 Å². The van der Waals surface area contributed by atoms with Gasteiger partial charge in [-0.25, -0.2) is 4.98 Å². The summed E-state index contributed by atoms with van der Waals surface area (Å²) in [5.74, 6) is 0.413. The summed E-state index contributed by atoms with van der Waals surface area (Å²) in [6.07, 6.45) is 1.65. The fourth-order valence-electron chi connectivity index (χ4n) is 3.01. The predicted molar refractivity (Wildman–Crippen MR) is 118 cm³/mol. The lowest BCUT2D eigenvalue weighted by Crippen LogP contribution is -2.21. The van der Waals surface area contributed by atoms with Gasteiger partial charge in [0.15, 0.2) is 0 Å². The van der Waals surface area contributed by atoms with Crippen molar-refractivity contribution < 1.29 is 9.53 Å². The highest BCUT2D eigenvalue weighted by atomic mass is 16.5. The predicted octanol–water partition coefficient (Wildman–Crippen LogP) is 4.93. The van der Waals surface area contributed by atoms with Crippen molar-refractivity contribution in [3.63, 3.8) is 0 Å². The number of rotatable bonds is 8. The third-order valence-corrected chi connectivity index (χ3v) is 4.61. The van der Waals surface area contributed by atoms with Crippen LogP contribution in [0.25, 0.3) is 0 Å². The van der Waals surface area contributed by atoms with Gasteiger partial charge >= 0.3 is 0 Å². The molecule has 0 aliphatic rings. The standard InChI is InChI=1S/C23H26N4O2/c1-4-27(5-2)20-12-9-17(10-13-20)25-19-11-14-22(24-16-19)23(28)26-18-7-6-8-21(15-18)29-3/h6-16,25H,4-5H2,1-3H3,(H,26,28). The molecule has 0 aliphatic carbocycles. The first kappa shape index (κ1) is 20.2. The minimum absolute atomic E-state index is 0.270. The lowest BCUT2D eigenvalue weighted by atomic mass is 10.2. The summed E-state index contributed by atoms with van der Waals surface area (Å²) >= 11 is 0. The zero-order valence-electron chi connectivity index (χ0n) is 17.0. The Morgan fingerprint density at radius 2 is 1.69 bits per heavy atom. The number of nitrogens with zero attached hydrogens (tertiary/aromatic N) is 2. The Kier molecular flexibility index (Phi) is 6.68. The van der Waals surface area contributed by atoms with Gasteiger partial charge in [0.25, 0.3) is 5.91 Å². The van der Waals surface area contributed by atoms with Gasteiger partial charge in [-0.05, 0) is 62.4 Å². The number of methoxy groups -OCH3 is 1. The van der Waals surface area contributed by atoms with E-state index in [0.717, 1.165) is 24.5 Å². The zero-order chi connectivity index (χ0) is 20.6. The van der Waals surface area contributed by atoms with Crippen LogP contribution in [0.2, 0.25) is 0 Å². The van der Waals surface area contributed by atoms with E-state index in [0.29, 0.717) is 17.1 Å². The van der Waals surface area contributed by atoms with Crippen LogP contribution in [0, 0.1) is 0 Å². The molecule has 0 fully saturated rings. The molecule has 3 rings (SSSR count). The molecule has 2 N–H and O–H groups in total. The maximum absolute atomic E-state index is 12.4. The zero-order valence-corrected chi connectivity index (χ0v) is 17.0. The molecule has 0 unspecified atom stereocenters. The molecular weight excluding hydrogens is 364 g/mol. The molecule has 150 valence electrons. The Hall–Kier alpha value is -3.54. The van der Waals surface area contributed by atoms with Crippen LogP contribution in [0.3, 0.4) is 0 Å². The molecule has 0 radical (unpaired) electrons. The number of amides is 1. The van der Waals surface area contributed by atoms with Crippen LogP contribution in [0.4, 0.5) is 22.7 Å². The van der Waals surface area contributed by atoms with Crippen molar-refractivity contribution in [2.45, 2.75) is 13.8 Å². The minimum Gasteiger partial charge on any atom is -0.497 e. The summed E-state index contributed by atoms with van der Waals surface area (Å²) in [7, 11) is 1.59. The van der Waals surface area contributed by atoms with Gasteiger partial charge in [0.05, 0.1) is 19.0 Å².